The van der Waals surface area contributed by atoms with Crippen LogP contribution >= 0.6 is 0 Å². The molecule has 0 amide bonds. The van der Waals surface area contributed by atoms with Crippen LogP contribution in [-0.2, 0) is 21.7 Å². The highest BCUT2D eigenvalue weighted by Gasteiger charge is 2.31. The van der Waals surface area contributed by atoms with Crippen LogP contribution in [-0.4, -0.2) is 0 Å². The van der Waals surface area contributed by atoms with Gasteiger partial charge in [0.05, 0.1) is 0 Å². The lowest BCUT2D eigenvalue weighted by Crippen LogP contribution is -2.13. The smallest absolute Gasteiger partial charge is 0.000116 e. The fourth-order valence-electron chi connectivity index (χ4n) is 9.99. The highest BCUT2D eigenvalue weighted by atomic mass is 14.3. The molecule has 0 bridgehead atoms. The molecular weight excluding hydrogens is 769 g/mol. The normalized spacial score (nSPS) is 12.7. The zero-order valence-corrected chi connectivity index (χ0v) is 40.2. The summed E-state index contributed by atoms with van der Waals surface area (Å²) in [6, 6.07) is 65.0. The molecule has 0 radical (unpaired) electrons. The molecule has 9 aromatic carbocycles. The Kier molecular flexibility index (Phi) is 10.6. The summed E-state index contributed by atoms with van der Waals surface area (Å²) < 4.78 is 0. The van der Waals surface area contributed by atoms with Crippen molar-refractivity contribution in [3.8, 4) is 55.6 Å². The molecular formula is C64H64. The second-order valence-corrected chi connectivity index (χ2v) is 22.2. The Labute approximate surface area is 383 Å². The highest BCUT2D eigenvalue weighted by molar-refractivity contribution is 6.35. The van der Waals surface area contributed by atoms with Crippen LogP contribution in [0, 0.1) is 0 Å². The first kappa shape index (κ1) is 43.0. The predicted molar refractivity (Wildman–Crippen MR) is 281 cm³/mol. The van der Waals surface area contributed by atoms with E-state index in [1.54, 1.807) is 0 Å². The molecule has 0 aliphatic rings. The summed E-state index contributed by atoms with van der Waals surface area (Å²) in [6.45, 7) is 28.0. The summed E-state index contributed by atoms with van der Waals surface area (Å²) in [6.07, 6.45) is 0. The van der Waals surface area contributed by atoms with Crippen molar-refractivity contribution in [2.75, 3.05) is 0 Å². The topological polar surface area (TPSA) is 0 Å². The molecule has 0 saturated heterocycles. The Morgan fingerprint density at radius 3 is 1.02 bits per heavy atom. The first-order valence-corrected chi connectivity index (χ1v) is 23.3. The molecule has 9 aromatic rings. The summed E-state index contributed by atoms with van der Waals surface area (Å²) in [5.41, 5.74) is 17.7. The van der Waals surface area contributed by atoms with Gasteiger partial charge in [-0.3, -0.25) is 0 Å². The summed E-state index contributed by atoms with van der Waals surface area (Å²) in [5.74, 6) is 0. The molecule has 0 unspecified atom stereocenters. The van der Waals surface area contributed by atoms with Gasteiger partial charge >= 0.3 is 0 Å². The second kappa shape index (κ2) is 15.8. The van der Waals surface area contributed by atoms with Crippen LogP contribution in [0.5, 0.6) is 0 Å². The first-order chi connectivity index (χ1) is 30.3. The Morgan fingerprint density at radius 2 is 0.578 bits per heavy atom. The minimum Gasteiger partial charge on any atom is -0.0622 e. The second-order valence-electron chi connectivity index (χ2n) is 22.2. The van der Waals surface area contributed by atoms with Gasteiger partial charge in [-0.2, -0.15) is 0 Å². The van der Waals surface area contributed by atoms with Gasteiger partial charge in [0.2, 0.25) is 0 Å². The third-order valence-corrected chi connectivity index (χ3v) is 13.5. The van der Waals surface area contributed by atoms with Gasteiger partial charge in [-0.05, 0) is 138 Å². The van der Waals surface area contributed by atoms with Crippen molar-refractivity contribution >= 4 is 32.3 Å². The number of rotatable bonds is 5. The van der Waals surface area contributed by atoms with E-state index in [4.69, 9.17) is 0 Å². The zero-order chi connectivity index (χ0) is 45.3. The van der Waals surface area contributed by atoms with E-state index in [1.807, 2.05) is 0 Å². The van der Waals surface area contributed by atoms with Gasteiger partial charge in [0.1, 0.15) is 0 Å². The van der Waals surface area contributed by atoms with Gasteiger partial charge in [-0.15, -0.1) is 0 Å². The average Bonchev–Trinajstić information content (AvgIpc) is 3.26. The van der Waals surface area contributed by atoms with Gasteiger partial charge in [0.15, 0.2) is 0 Å². The molecule has 0 aromatic heterocycles. The van der Waals surface area contributed by atoms with Gasteiger partial charge in [0, 0.05) is 0 Å². The molecule has 0 aliphatic carbocycles. The van der Waals surface area contributed by atoms with E-state index in [2.05, 4.69) is 253 Å². The lowest BCUT2D eigenvalue weighted by atomic mass is 9.73. The molecule has 0 saturated carbocycles. The van der Waals surface area contributed by atoms with E-state index >= 15 is 0 Å². The monoisotopic (exact) mass is 833 g/mol. The average molecular weight is 833 g/mol. The summed E-state index contributed by atoms with van der Waals surface area (Å²) in [7, 11) is 0. The molecule has 0 atom stereocenters. The summed E-state index contributed by atoms with van der Waals surface area (Å²) >= 11 is 0. The molecule has 64 heavy (non-hydrogen) atoms. The van der Waals surface area contributed by atoms with Crippen LogP contribution < -0.4 is 0 Å². The van der Waals surface area contributed by atoms with Crippen LogP contribution in [0.4, 0.5) is 0 Å². The van der Waals surface area contributed by atoms with E-state index in [0.29, 0.717) is 0 Å². The Balaban J connectivity index is 1.68. The lowest BCUT2D eigenvalue weighted by Gasteiger charge is -2.30. The number of fused-ring (bicyclic) bond motifs is 3. The maximum atomic E-state index is 2.51. The van der Waals surface area contributed by atoms with Crippen molar-refractivity contribution in [1.29, 1.82) is 0 Å². The zero-order valence-electron chi connectivity index (χ0n) is 40.2. The Morgan fingerprint density at radius 1 is 0.234 bits per heavy atom. The van der Waals surface area contributed by atoms with E-state index in [1.165, 1.54) is 110 Å². The molecule has 0 aliphatic heterocycles. The van der Waals surface area contributed by atoms with Crippen molar-refractivity contribution in [1.82, 2.24) is 0 Å². The fraction of sp³-hybridized carbons (Fsp3) is 0.250. The van der Waals surface area contributed by atoms with Gasteiger partial charge in [-0.1, -0.05) is 247 Å². The third-order valence-electron chi connectivity index (χ3n) is 13.5. The first-order valence-electron chi connectivity index (χ1n) is 23.3. The van der Waals surface area contributed by atoms with Crippen molar-refractivity contribution < 1.29 is 0 Å². The molecule has 0 heterocycles. The molecule has 320 valence electrons. The number of hydrogen-bond acceptors (Lipinski definition) is 0. The van der Waals surface area contributed by atoms with Crippen LogP contribution in [0.3, 0.4) is 0 Å². The summed E-state index contributed by atoms with van der Waals surface area (Å²) in [5, 5.41) is 7.68. The number of hydrogen-bond donors (Lipinski definition) is 0. The van der Waals surface area contributed by atoms with Crippen LogP contribution in [0.2, 0.25) is 0 Å². The Hall–Kier alpha value is -6.24. The van der Waals surface area contributed by atoms with E-state index in [0.717, 1.165) is 0 Å². The maximum absolute atomic E-state index is 2.51. The van der Waals surface area contributed by atoms with Crippen LogP contribution in [0.15, 0.2) is 170 Å². The lowest BCUT2D eigenvalue weighted by molar-refractivity contribution is 0.590. The summed E-state index contributed by atoms with van der Waals surface area (Å²) in [4.78, 5) is 0. The van der Waals surface area contributed by atoms with Gasteiger partial charge in [0.25, 0.3) is 0 Å². The van der Waals surface area contributed by atoms with Crippen molar-refractivity contribution in [3.63, 3.8) is 0 Å². The van der Waals surface area contributed by atoms with E-state index < -0.39 is 0 Å². The largest absolute Gasteiger partial charge is 0.0622 e. The van der Waals surface area contributed by atoms with Crippen molar-refractivity contribution in [2.45, 2.75) is 105 Å². The van der Waals surface area contributed by atoms with Crippen LogP contribution in [0.25, 0.3) is 88.0 Å². The predicted octanol–water partition coefficient (Wildman–Crippen LogP) is 18.7. The molecule has 0 fully saturated rings. The fourth-order valence-corrected chi connectivity index (χ4v) is 9.99. The molecule has 0 nitrogen and oxygen atoms in total. The number of benzene rings is 9. The minimum absolute atomic E-state index is 0.0169. The third kappa shape index (κ3) is 7.66. The maximum Gasteiger partial charge on any atom is -0.000116 e. The van der Waals surface area contributed by atoms with Crippen LogP contribution in [0.1, 0.15) is 105 Å². The quantitative estimate of drug-likeness (QED) is 0.152. The standard InChI is InChI=1S/C64H64/c1-61(2,3)46-32-28-44(29-33-46)53-49-37-36-48(63(7,8)9)40-51(49)55(41-22-16-13-17-23-41)59-54(45-30-34-47(35-31-45)62(4,5)6)50-38-39-52(64(10,11)12)56(42-24-18-14-19-25-42)58(50)57(60(53)59)43-26-20-15-21-27-43/h13-40H,1-12H3. The Bertz CT molecular complexity index is 3160. The highest BCUT2D eigenvalue weighted by Crippen LogP contribution is 2.56. The van der Waals surface area contributed by atoms with E-state index in [9.17, 15) is 0 Å². The van der Waals surface area contributed by atoms with E-state index in [-0.39, 0.29) is 21.7 Å². The van der Waals surface area contributed by atoms with Gasteiger partial charge < -0.3 is 0 Å². The SMILES string of the molecule is CC(C)(C)c1ccc(-c2c3ccc(C(C)(C)C)cc3c(-c3ccccc3)c3c(-c4ccc(C(C)(C)C)cc4)c4ccc(C(C)(C)C)c(-c5ccccc5)c4c(-c4ccccc4)c23)cc1. The van der Waals surface area contributed by atoms with Crippen molar-refractivity contribution in [2.24, 2.45) is 0 Å². The molecule has 0 N–H and O–H groups in total. The molecule has 0 heteroatoms. The molecule has 0 spiro atoms. The molecule has 9 rings (SSSR count). The van der Waals surface area contributed by atoms with Gasteiger partial charge in [-0.25, -0.2) is 0 Å². The van der Waals surface area contributed by atoms with Crippen molar-refractivity contribution in [3.05, 3.63) is 192 Å². The minimum atomic E-state index is -0.135.